The fraction of sp³-hybridized carbons (Fsp3) is 0.375. The number of nitrogens with one attached hydrogen (secondary N) is 1. The molecule has 1 fully saturated rings. The molecule has 24 heavy (non-hydrogen) atoms. The summed E-state index contributed by atoms with van der Waals surface area (Å²) in [6.07, 6.45) is 6.15. The second kappa shape index (κ2) is 7.33. The minimum absolute atomic E-state index is 0.0112. The molecule has 1 unspecified atom stereocenters. The number of rotatable bonds is 5. The summed E-state index contributed by atoms with van der Waals surface area (Å²) in [6, 6.07) is 4.66. The van der Waals surface area contributed by atoms with Gasteiger partial charge in [-0.2, -0.15) is 0 Å². The van der Waals surface area contributed by atoms with Crippen LogP contribution in [0.2, 0.25) is 0 Å². The SMILES string of the molecule is O=S(=O)(NCc1cnc(C2CCCCO2)nc1)c1ccc(F)cc1. The lowest BCUT2D eigenvalue weighted by Crippen LogP contribution is -2.23. The summed E-state index contributed by atoms with van der Waals surface area (Å²) >= 11 is 0. The number of halogens is 1. The van der Waals surface area contributed by atoms with E-state index in [2.05, 4.69) is 14.7 Å². The molecule has 2 heterocycles. The molecule has 1 atom stereocenters. The van der Waals surface area contributed by atoms with Crippen LogP contribution >= 0.6 is 0 Å². The van der Waals surface area contributed by atoms with Crippen LogP contribution < -0.4 is 4.72 Å². The van der Waals surface area contributed by atoms with E-state index in [0.717, 1.165) is 31.4 Å². The van der Waals surface area contributed by atoms with Gasteiger partial charge in [0.1, 0.15) is 11.9 Å². The van der Waals surface area contributed by atoms with Gasteiger partial charge in [-0.15, -0.1) is 0 Å². The average molecular weight is 351 g/mol. The Bertz CT molecular complexity index is 773. The first-order valence-corrected chi connectivity index (χ1v) is 9.20. The van der Waals surface area contributed by atoms with Gasteiger partial charge in [-0.1, -0.05) is 0 Å². The molecular weight excluding hydrogens is 333 g/mol. The molecule has 1 N–H and O–H groups in total. The molecule has 3 rings (SSSR count). The summed E-state index contributed by atoms with van der Waals surface area (Å²) in [7, 11) is -3.70. The second-order valence-corrected chi connectivity index (χ2v) is 7.35. The minimum atomic E-state index is -3.70. The number of aromatic nitrogens is 2. The lowest BCUT2D eigenvalue weighted by Gasteiger charge is -2.21. The van der Waals surface area contributed by atoms with Crippen LogP contribution in [-0.2, 0) is 21.3 Å². The van der Waals surface area contributed by atoms with Gasteiger partial charge >= 0.3 is 0 Å². The lowest BCUT2D eigenvalue weighted by molar-refractivity contribution is 0.00940. The standard InChI is InChI=1S/C16H18FN3O3S/c17-13-4-6-14(7-5-13)24(21,22)20-11-12-9-18-16(19-10-12)15-3-1-2-8-23-15/h4-7,9-10,15,20H,1-3,8,11H2. The van der Waals surface area contributed by atoms with Gasteiger partial charge in [-0.25, -0.2) is 27.5 Å². The van der Waals surface area contributed by atoms with Gasteiger partial charge in [0.15, 0.2) is 5.82 Å². The maximum absolute atomic E-state index is 12.9. The number of hydrogen-bond acceptors (Lipinski definition) is 5. The minimum Gasteiger partial charge on any atom is -0.370 e. The molecule has 0 radical (unpaired) electrons. The van der Waals surface area contributed by atoms with Crippen LogP contribution in [0.15, 0.2) is 41.6 Å². The Morgan fingerprint density at radius 1 is 1.17 bits per heavy atom. The topological polar surface area (TPSA) is 81.2 Å². The van der Waals surface area contributed by atoms with E-state index in [0.29, 0.717) is 18.0 Å². The van der Waals surface area contributed by atoms with Crippen molar-refractivity contribution < 1.29 is 17.5 Å². The maximum Gasteiger partial charge on any atom is 0.240 e. The highest BCUT2D eigenvalue weighted by atomic mass is 32.2. The summed E-state index contributed by atoms with van der Waals surface area (Å²) in [5, 5.41) is 0. The summed E-state index contributed by atoms with van der Waals surface area (Å²) in [6.45, 7) is 0.777. The van der Waals surface area contributed by atoms with Crippen LogP contribution in [0.25, 0.3) is 0 Å². The molecule has 1 aliphatic rings. The van der Waals surface area contributed by atoms with Crippen molar-refractivity contribution in [2.24, 2.45) is 0 Å². The fourth-order valence-corrected chi connectivity index (χ4v) is 3.46. The Kier molecular flexibility index (Phi) is 5.17. The molecular formula is C16H18FN3O3S. The largest absolute Gasteiger partial charge is 0.370 e. The normalized spacial score (nSPS) is 18.5. The van der Waals surface area contributed by atoms with Crippen LogP contribution in [0.1, 0.15) is 36.8 Å². The molecule has 0 amide bonds. The van der Waals surface area contributed by atoms with E-state index in [9.17, 15) is 12.8 Å². The van der Waals surface area contributed by atoms with E-state index in [1.807, 2.05) is 0 Å². The Labute approximate surface area is 140 Å². The first-order valence-electron chi connectivity index (χ1n) is 7.72. The highest BCUT2D eigenvalue weighted by Gasteiger charge is 2.19. The van der Waals surface area contributed by atoms with E-state index < -0.39 is 15.8 Å². The molecule has 1 aromatic heterocycles. The molecule has 0 aliphatic carbocycles. The maximum atomic E-state index is 12.9. The molecule has 8 heteroatoms. The van der Waals surface area contributed by atoms with Crippen LogP contribution in [-0.4, -0.2) is 25.0 Å². The molecule has 1 aliphatic heterocycles. The molecule has 0 spiro atoms. The quantitative estimate of drug-likeness (QED) is 0.894. The van der Waals surface area contributed by atoms with Gasteiger partial charge in [-0.3, -0.25) is 0 Å². The highest BCUT2D eigenvalue weighted by Crippen LogP contribution is 2.24. The molecule has 2 aromatic rings. The van der Waals surface area contributed by atoms with Crippen molar-refractivity contribution in [1.29, 1.82) is 0 Å². The second-order valence-electron chi connectivity index (χ2n) is 5.58. The predicted octanol–water partition coefficient (Wildman–Crippen LogP) is 2.34. The smallest absolute Gasteiger partial charge is 0.240 e. The van der Waals surface area contributed by atoms with Crippen molar-refractivity contribution in [3.05, 3.63) is 53.9 Å². The van der Waals surface area contributed by atoms with Gasteiger partial charge in [0.2, 0.25) is 10.0 Å². The van der Waals surface area contributed by atoms with Crippen molar-refractivity contribution in [3.8, 4) is 0 Å². The van der Waals surface area contributed by atoms with Crippen LogP contribution in [0, 0.1) is 5.82 Å². The molecule has 1 aromatic carbocycles. The van der Waals surface area contributed by atoms with E-state index in [4.69, 9.17) is 4.74 Å². The number of hydrogen-bond donors (Lipinski definition) is 1. The number of benzene rings is 1. The zero-order chi connectivity index (χ0) is 17.0. The van der Waals surface area contributed by atoms with Crippen molar-refractivity contribution in [2.45, 2.75) is 36.8 Å². The Morgan fingerprint density at radius 3 is 2.50 bits per heavy atom. The summed E-state index contributed by atoms with van der Waals surface area (Å²) in [5.41, 5.74) is 0.639. The highest BCUT2D eigenvalue weighted by molar-refractivity contribution is 7.89. The van der Waals surface area contributed by atoms with Gasteiger partial charge < -0.3 is 4.74 Å². The van der Waals surface area contributed by atoms with Crippen molar-refractivity contribution in [1.82, 2.24) is 14.7 Å². The fourth-order valence-electron chi connectivity index (χ4n) is 2.44. The van der Waals surface area contributed by atoms with E-state index >= 15 is 0 Å². The monoisotopic (exact) mass is 351 g/mol. The van der Waals surface area contributed by atoms with Crippen LogP contribution in [0.3, 0.4) is 0 Å². The van der Waals surface area contributed by atoms with E-state index in [1.54, 1.807) is 12.4 Å². The van der Waals surface area contributed by atoms with Crippen molar-refractivity contribution >= 4 is 10.0 Å². The average Bonchev–Trinajstić information content (AvgIpc) is 2.62. The Balaban J connectivity index is 1.62. The van der Waals surface area contributed by atoms with Crippen molar-refractivity contribution in [3.63, 3.8) is 0 Å². The third-order valence-corrected chi connectivity index (χ3v) is 5.20. The van der Waals surface area contributed by atoms with Crippen LogP contribution in [0.5, 0.6) is 0 Å². The number of ether oxygens (including phenoxy) is 1. The van der Waals surface area contributed by atoms with Crippen LogP contribution in [0.4, 0.5) is 4.39 Å². The van der Waals surface area contributed by atoms with Gasteiger partial charge in [0, 0.05) is 31.1 Å². The molecule has 1 saturated heterocycles. The zero-order valence-electron chi connectivity index (χ0n) is 13.0. The third-order valence-electron chi connectivity index (χ3n) is 3.78. The molecule has 0 bridgehead atoms. The Hall–Kier alpha value is -1.90. The number of nitrogens with zero attached hydrogens (tertiary/aromatic N) is 2. The van der Waals surface area contributed by atoms with Crippen molar-refractivity contribution in [2.75, 3.05) is 6.61 Å². The molecule has 0 saturated carbocycles. The van der Waals surface area contributed by atoms with Gasteiger partial charge in [-0.05, 0) is 43.5 Å². The van der Waals surface area contributed by atoms with Gasteiger partial charge in [0.05, 0.1) is 4.90 Å². The summed E-state index contributed by atoms with van der Waals surface area (Å²) in [4.78, 5) is 8.54. The predicted molar refractivity (Wildman–Crippen MR) is 85.0 cm³/mol. The zero-order valence-corrected chi connectivity index (χ0v) is 13.8. The van der Waals surface area contributed by atoms with E-state index in [1.165, 1.54) is 12.1 Å². The molecule has 6 nitrogen and oxygen atoms in total. The summed E-state index contributed by atoms with van der Waals surface area (Å²) < 4.78 is 45.2. The lowest BCUT2D eigenvalue weighted by atomic mass is 10.1. The Morgan fingerprint density at radius 2 is 1.88 bits per heavy atom. The number of sulfonamides is 1. The summed E-state index contributed by atoms with van der Waals surface area (Å²) in [5.74, 6) is 0.141. The van der Waals surface area contributed by atoms with E-state index in [-0.39, 0.29) is 17.5 Å². The first-order chi connectivity index (χ1) is 11.5. The van der Waals surface area contributed by atoms with Gasteiger partial charge in [0.25, 0.3) is 0 Å². The first kappa shape index (κ1) is 16.9. The molecule has 128 valence electrons. The third kappa shape index (κ3) is 4.14.